The van der Waals surface area contributed by atoms with Crippen molar-refractivity contribution in [3.05, 3.63) is 36.0 Å². The van der Waals surface area contributed by atoms with Crippen molar-refractivity contribution in [2.45, 2.75) is 19.9 Å². The van der Waals surface area contributed by atoms with Crippen LogP contribution in [0.3, 0.4) is 0 Å². The van der Waals surface area contributed by atoms with E-state index in [1.807, 2.05) is 32.2 Å². The van der Waals surface area contributed by atoms with E-state index in [9.17, 15) is 9.59 Å². The van der Waals surface area contributed by atoms with Crippen molar-refractivity contribution in [3.8, 4) is 0 Å². The van der Waals surface area contributed by atoms with Crippen LogP contribution in [0.15, 0.2) is 30.5 Å². The molecule has 0 radical (unpaired) electrons. The van der Waals surface area contributed by atoms with Crippen LogP contribution in [0.1, 0.15) is 24.2 Å². The zero-order chi connectivity index (χ0) is 14.7. The topological polar surface area (TPSA) is 71.2 Å². The van der Waals surface area contributed by atoms with Gasteiger partial charge in [0.05, 0.1) is 7.11 Å². The minimum atomic E-state index is -0.644. The van der Waals surface area contributed by atoms with Crippen LogP contribution >= 0.6 is 0 Å². The molecule has 2 N–H and O–H groups in total. The van der Waals surface area contributed by atoms with Gasteiger partial charge in [-0.3, -0.25) is 4.79 Å². The van der Waals surface area contributed by atoms with Crippen LogP contribution in [0.5, 0.6) is 0 Å². The lowest BCUT2D eigenvalue weighted by atomic mass is 10.0. The van der Waals surface area contributed by atoms with E-state index in [1.165, 1.54) is 7.11 Å². The minimum Gasteiger partial charge on any atom is -0.467 e. The Morgan fingerprint density at radius 1 is 1.25 bits per heavy atom. The molecular formula is C15H18N2O3. The van der Waals surface area contributed by atoms with Gasteiger partial charge >= 0.3 is 5.97 Å². The van der Waals surface area contributed by atoms with Gasteiger partial charge in [-0.15, -0.1) is 0 Å². The Bertz CT molecular complexity index is 631. The standard InChI is InChI=1S/C15H18N2O3/c1-9(2)13(15(19)20-3)17-14(18)11-4-5-12-10(8-11)6-7-16-12/h4-9,13,16H,1-3H3,(H,17,18). The number of methoxy groups -OCH3 is 1. The van der Waals surface area contributed by atoms with E-state index >= 15 is 0 Å². The predicted molar refractivity (Wildman–Crippen MR) is 76.4 cm³/mol. The number of rotatable bonds is 4. The number of benzene rings is 1. The van der Waals surface area contributed by atoms with E-state index < -0.39 is 12.0 Å². The van der Waals surface area contributed by atoms with Crippen LogP contribution in [-0.4, -0.2) is 30.0 Å². The first kappa shape index (κ1) is 14.1. The fraction of sp³-hybridized carbons (Fsp3) is 0.333. The van der Waals surface area contributed by atoms with Gasteiger partial charge in [-0.05, 0) is 30.2 Å². The number of carbonyl (C=O) groups is 2. The van der Waals surface area contributed by atoms with Gasteiger partial charge in [0.2, 0.25) is 0 Å². The van der Waals surface area contributed by atoms with Gasteiger partial charge in [0.25, 0.3) is 5.91 Å². The summed E-state index contributed by atoms with van der Waals surface area (Å²) < 4.78 is 4.71. The summed E-state index contributed by atoms with van der Waals surface area (Å²) in [6, 6.07) is 6.60. The third-order valence-electron chi connectivity index (χ3n) is 3.22. The summed E-state index contributed by atoms with van der Waals surface area (Å²) in [6.45, 7) is 3.72. The molecule has 0 aliphatic heterocycles. The molecule has 1 unspecified atom stereocenters. The fourth-order valence-electron chi connectivity index (χ4n) is 2.04. The number of fused-ring (bicyclic) bond motifs is 1. The van der Waals surface area contributed by atoms with Crippen LogP contribution in [0.4, 0.5) is 0 Å². The summed E-state index contributed by atoms with van der Waals surface area (Å²) in [5.41, 5.74) is 1.49. The average molecular weight is 274 g/mol. The smallest absolute Gasteiger partial charge is 0.328 e. The predicted octanol–water partition coefficient (Wildman–Crippen LogP) is 2.10. The van der Waals surface area contributed by atoms with Crippen molar-refractivity contribution in [1.29, 1.82) is 0 Å². The maximum absolute atomic E-state index is 12.2. The van der Waals surface area contributed by atoms with Crippen LogP contribution < -0.4 is 5.32 Å². The van der Waals surface area contributed by atoms with E-state index in [4.69, 9.17) is 4.74 Å². The number of aromatic amines is 1. The van der Waals surface area contributed by atoms with E-state index in [1.54, 1.807) is 12.1 Å². The van der Waals surface area contributed by atoms with Crippen molar-refractivity contribution in [2.24, 2.45) is 5.92 Å². The Hall–Kier alpha value is -2.30. The van der Waals surface area contributed by atoms with Crippen molar-refractivity contribution in [1.82, 2.24) is 10.3 Å². The Kier molecular flexibility index (Phi) is 4.08. The maximum Gasteiger partial charge on any atom is 0.328 e. The Morgan fingerprint density at radius 2 is 2.00 bits per heavy atom. The highest BCUT2D eigenvalue weighted by molar-refractivity contribution is 5.99. The summed E-state index contributed by atoms with van der Waals surface area (Å²) in [5, 5.41) is 3.67. The Balaban J connectivity index is 2.19. The molecule has 0 saturated carbocycles. The molecule has 0 aliphatic carbocycles. The zero-order valence-corrected chi connectivity index (χ0v) is 11.8. The SMILES string of the molecule is COC(=O)C(NC(=O)c1ccc2[nH]ccc2c1)C(C)C. The molecule has 0 aliphatic rings. The Morgan fingerprint density at radius 3 is 2.65 bits per heavy atom. The summed E-state index contributed by atoms with van der Waals surface area (Å²) in [4.78, 5) is 26.9. The second-order valence-corrected chi connectivity index (χ2v) is 5.00. The minimum absolute atomic E-state index is 0.0395. The number of ether oxygens (including phenoxy) is 1. The highest BCUT2D eigenvalue weighted by atomic mass is 16.5. The third kappa shape index (κ3) is 2.82. The second kappa shape index (κ2) is 5.77. The quantitative estimate of drug-likeness (QED) is 0.839. The molecule has 20 heavy (non-hydrogen) atoms. The zero-order valence-electron chi connectivity index (χ0n) is 11.8. The highest BCUT2D eigenvalue weighted by Crippen LogP contribution is 2.15. The number of H-pyrrole nitrogens is 1. The molecule has 0 saturated heterocycles. The molecule has 106 valence electrons. The highest BCUT2D eigenvalue weighted by Gasteiger charge is 2.25. The summed E-state index contributed by atoms with van der Waals surface area (Å²) in [7, 11) is 1.32. The lowest BCUT2D eigenvalue weighted by Crippen LogP contribution is -2.45. The monoisotopic (exact) mass is 274 g/mol. The van der Waals surface area contributed by atoms with E-state index in [0.717, 1.165) is 10.9 Å². The fourth-order valence-corrected chi connectivity index (χ4v) is 2.04. The number of aromatic nitrogens is 1. The van der Waals surface area contributed by atoms with Crippen LogP contribution in [-0.2, 0) is 9.53 Å². The van der Waals surface area contributed by atoms with E-state index in [0.29, 0.717) is 5.56 Å². The first-order valence-corrected chi connectivity index (χ1v) is 6.48. The third-order valence-corrected chi connectivity index (χ3v) is 3.22. The lowest BCUT2D eigenvalue weighted by Gasteiger charge is -2.19. The van der Waals surface area contributed by atoms with Gasteiger partial charge in [-0.1, -0.05) is 13.8 Å². The lowest BCUT2D eigenvalue weighted by molar-refractivity contribution is -0.144. The normalized spacial score (nSPS) is 12.4. The molecule has 0 fully saturated rings. The molecule has 2 aromatic rings. The van der Waals surface area contributed by atoms with Gasteiger partial charge in [0, 0.05) is 22.7 Å². The van der Waals surface area contributed by atoms with Crippen molar-refractivity contribution in [3.63, 3.8) is 0 Å². The first-order valence-electron chi connectivity index (χ1n) is 6.48. The molecule has 5 heteroatoms. The van der Waals surface area contributed by atoms with Crippen LogP contribution in [0.2, 0.25) is 0 Å². The number of hydrogen-bond donors (Lipinski definition) is 2. The maximum atomic E-state index is 12.2. The van der Waals surface area contributed by atoms with Crippen LogP contribution in [0, 0.1) is 5.92 Å². The van der Waals surface area contributed by atoms with E-state index in [-0.39, 0.29) is 11.8 Å². The van der Waals surface area contributed by atoms with E-state index in [2.05, 4.69) is 10.3 Å². The molecule has 2 rings (SSSR count). The molecular weight excluding hydrogens is 256 g/mol. The molecule has 1 atom stereocenters. The van der Waals surface area contributed by atoms with Gasteiger partial charge < -0.3 is 15.0 Å². The summed E-state index contributed by atoms with van der Waals surface area (Å²) in [5.74, 6) is -0.754. The van der Waals surface area contributed by atoms with Crippen molar-refractivity contribution >= 4 is 22.8 Å². The molecule has 1 amide bonds. The van der Waals surface area contributed by atoms with Crippen molar-refractivity contribution < 1.29 is 14.3 Å². The number of carbonyl (C=O) groups excluding carboxylic acids is 2. The number of esters is 1. The molecule has 5 nitrogen and oxygen atoms in total. The van der Waals surface area contributed by atoms with Crippen LogP contribution in [0.25, 0.3) is 10.9 Å². The van der Waals surface area contributed by atoms with Gasteiger partial charge in [0.1, 0.15) is 6.04 Å². The molecule has 1 aromatic carbocycles. The molecule has 0 bridgehead atoms. The number of amides is 1. The first-order chi connectivity index (χ1) is 9.52. The van der Waals surface area contributed by atoms with Crippen molar-refractivity contribution in [2.75, 3.05) is 7.11 Å². The number of nitrogens with one attached hydrogen (secondary N) is 2. The largest absolute Gasteiger partial charge is 0.467 e. The summed E-state index contributed by atoms with van der Waals surface area (Å²) >= 11 is 0. The van der Waals surface area contributed by atoms with Gasteiger partial charge in [0.15, 0.2) is 0 Å². The van der Waals surface area contributed by atoms with Gasteiger partial charge in [-0.25, -0.2) is 4.79 Å². The summed E-state index contributed by atoms with van der Waals surface area (Å²) in [6.07, 6.45) is 1.82. The molecule has 1 heterocycles. The molecule has 0 spiro atoms. The molecule has 1 aromatic heterocycles. The van der Waals surface area contributed by atoms with Gasteiger partial charge in [-0.2, -0.15) is 0 Å². The number of hydrogen-bond acceptors (Lipinski definition) is 3. The Labute approximate surface area is 117 Å². The second-order valence-electron chi connectivity index (χ2n) is 5.00. The average Bonchev–Trinajstić information content (AvgIpc) is 2.90.